The first kappa shape index (κ1) is 15.2. The number of benzene rings is 1. The molecule has 0 saturated heterocycles. The lowest BCUT2D eigenvalue weighted by Crippen LogP contribution is -2.33. The van der Waals surface area contributed by atoms with Crippen LogP contribution in [0.4, 0.5) is 0 Å². The minimum atomic E-state index is 0.353. The van der Waals surface area contributed by atoms with Gasteiger partial charge in [0.15, 0.2) is 0 Å². The average Bonchev–Trinajstić information content (AvgIpc) is 2.29. The lowest BCUT2D eigenvalue weighted by atomic mass is 9.77. The van der Waals surface area contributed by atoms with E-state index in [9.17, 15) is 0 Å². The summed E-state index contributed by atoms with van der Waals surface area (Å²) < 4.78 is 0. The van der Waals surface area contributed by atoms with Crippen LogP contribution in [0.2, 0.25) is 0 Å². The quantitative estimate of drug-likeness (QED) is 0.743. The smallest absolute Gasteiger partial charge is 0.00123 e. The highest BCUT2D eigenvalue weighted by atomic mass is 14.9. The molecule has 1 aromatic carbocycles. The zero-order valence-corrected chi connectivity index (χ0v) is 12.7. The van der Waals surface area contributed by atoms with Crippen LogP contribution in [0.25, 0.3) is 0 Å². The van der Waals surface area contributed by atoms with Crippen LogP contribution in [0.1, 0.15) is 45.2 Å². The molecule has 1 aromatic rings. The standard InChI is InChI=1S/C17H29N/c1-6-11-18-13-16(17(3,4)5)12-15-9-7-14(2)8-10-15/h7-10,16,18H,6,11-13H2,1-5H3. The summed E-state index contributed by atoms with van der Waals surface area (Å²) in [4.78, 5) is 0. The second-order valence-electron chi connectivity index (χ2n) is 6.46. The van der Waals surface area contributed by atoms with Crippen molar-refractivity contribution in [3.8, 4) is 0 Å². The van der Waals surface area contributed by atoms with Crippen molar-refractivity contribution in [2.45, 2.75) is 47.5 Å². The van der Waals surface area contributed by atoms with E-state index in [2.05, 4.69) is 64.2 Å². The van der Waals surface area contributed by atoms with E-state index in [0.717, 1.165) is 13.1 Å². The Labute approximate surface area is 113 Å². The summed E-state index contributed by atoms with van der Waals surface area (Å²) in [6.07, 6.45) is 2.38. The van der Waals surface area contributed by atoms with Gasteiger partial charge in [0.1, 0.15) is 0 Å². The molecule has 1 heteroatoms. The van der Waals surface area contributed by atoms with E-state index < -0.39 is 0 Å². The van der Waals surface area contributed by atoms with Gasteiger partial charge in [0.2, 0.25) is 0 Å². The van der Waals surface area contributed by atoms with Crippen molar-refractivity contribution in [3.63, 3.8) is 0 Å². The van der Waals surface area contributed by atoms with Crippen LogP contribution in [0.5, 0.6) is 0 Å². The maximum Gasteiger partial charge on any atom is -0.00123 e. The van der Waals surface area contributed by atoms with Crippen LogP contribution in [-0.2, 0) is 6.42 Å². The van der Waals surface area contributed by atoms with Crippen molar-refractivity contribution < 1.29 is 0 Å². The Hall–Kier alpha value is -0.820. The van der Waals surface area contributed by atoms with Gasteiger partial charge in [-0.15, -0.1) is 0 Å². The molecule has 102 valence electrons. The first-order valence-corrected chi connectivity index (χ1v) is 7.19. The van der Waals surface area contributed by atoms with Crippen LogP contribution in [0.3, 0.4) is 0 Å². The van der Waals surface area contributed by atoms with Gasteiger partial charge in [-0.1, -0.05) is 57.5 Å². The predicted molar refractivity (Wildman–Crippen MR) is 81.0 cm³/mol. The molecule has 1 atom stereocenters. The van der Waals surface area contributed by atoms with E-state index in [1.807, 2.05) is 0 Å². The summed E-state index contributed by atoms with van der Waals surface area (Å²) in [7, 11) is 0. The van der Waals surface area contributed by atoms with Crippen LogP contribution >= 0.6 is 0 Å². The molecule has 0 aliphatic heterocycles. The van der Waals surface area contributed by atoms with Crippen LogP contribution in [0.15, 0.2) is 24.3 Å². The largest absolute Gasteiger partial charge is 0.316 e. The monoisotopic (exact) mass is 247 g/mol. The molecule has 0 aliphatic rings. The number of hydrogen-bond acceptors (Lipinski definition) is 1. The second-order valence-corrected chi connectivity index (χ2v) is 6.46. The fraction of sp³-hybridized carbons (Fsp3) is 0.647. The van der Waals surface area contributed by atoms with Gasteiger partial charge in [-0.05, 0) is 49.8 Å². The van der Waals surface area contributed by atoms with E-state index >= 15 is 0 Å². The molecule has 1 nitrogen and oxygen atoms in total. The maximum absolute atomic E-state index is 3.57. The van der Waals surface area contributed by atoms with Crippen molar-refractivity contribution >= 4 is 0 Å². The lowest BCUT2D eigenvalue weighted by Gasteiger charge is -2.31. The second kappa shape index (κ2) is 6.94. The fourth-order valence-corrected chi connectivity index (χ4v) is 2.15. The Morgan fingerprint density at radius 2 is 1.72 bits per heavy atom. The Bertz CT molecular complexity index is 332. The molecule has 0 bridgehead atoms. The number of aryl methyl sites for hydroxylation is 1. The molecule has 0 aromatic heterocycles. The van der Waals surface area contributed by atoms with Crippen molar-refractivity contribution in [1.29, 1.82) is 0 Å². The number of nitrogens with one attached hydrogen (secondary N) is 1. The van der Waals surface area contributed by atoms with E-state index in [0.29, 0.717) is 11.3 Å². The Kier molecular flexibility index (Phi) is 5.87. The highest BCUT2D eigenvalue weighted by Crippen LogP contribution is 2.28. The zero-order valence-electron chi connectivity index (χ0n) is 12.7. The van der Waals surface area contributed by atoms with E-state index in [1.165, 1.54) is 24.0 Å². The first-order valence-electron chi connectivity index (χ1n) is 7.19. The Morgan fingerprint density at radius 3 is 2.22 bits per heavy atom. The molecule has 0 amide bonds. The van der Waals surface area contributed by atoms with E-state index in [4.69, 9.17) is 0 Å². The minimum absolute atomic E-state index is 0.353. The third-order valence-corrected chi connectivity index (χ3v) is 3.64. The number of rotatable bonds is 6. The minimum Gasteiger partial charge on any atom is -0.316 e. The highest BCUT2D eigenvalue weighted by molar-refractivity contribution is 5.22. The topological polar surface area (TPSA) is 12.0 Å². The Balaban J connectivity index is 2.63. The van der Waals surface area contributed by atoms with Crippen molar-refractivity contribution in [3.05, 3.63) is 35.4 Å². The third-order valence-electron chi connectivity index (χ3n) is 3.64. The normalized spacial score (nSPS) is 13.6. The van der Waals surface area contributed by atoms with Crippen molar-refractivity contribution in [2.24, 2.45) is 11.3 Å². The SMILES string of the molecule is CCCNCC(Cc1ccc(C)cc1)C(C)(C)C. The molecule has 1 unspecified atom stereocenters. The van der Waals surface area contributed by atoms with Crippen LogP contribution < -0.4 is 5.32 Å². The van der Waals surface area contributed by atoms with Gasteiger partial charge in [0.25, 0.3) is 0 Å². The summed E-state index contributed by atoms with van der Waals surface area (Å²) in [6.45, 7) is 13.6. The molecule has 1 rings (SSSR count). The number of hydrogen-bond donors (Lipinski definition) is 1. The molecule has 0 heterocycles. The molecule has 0 saturated carbocycles. The molecular formula is C17H29N. The Morgan fingerprint density at radius 1 is 1.11 bits per heavy atom. The lowest BCUT2D eigenvalue weighted by molar-refractivity contribution is 0.231. The zero-order chi connectivity index (χ0) is 13.6. The summed E-state index contributed by atoms with van der Waals surface area (Å²) in [5.74, 6) is 0.687. The van der Waals surface area contributed by atoms with Crippen molar-refractivity contribution in [1.82, 2.24) is 5.32 Å². The summed E-state index contributed by atoms with van der Waals surface area (Å²) in [5, 5.41) is 3.57. The van der Waals surface area contributed by atoms with Gasteiger partial charge in [-0.25, -0.2) is 0 Å². The molecule has 0 aliphatic carbocycles. The van der Waals surface area contributed by atoms with Gasteiger partial charge in [-0.2, -0.15) is 0 Å². The van der Waals surface area contributed by atoms with Crippen LogP contribution in [-0.4, -0.2) is 13.1 Å². The molecule has 1 N–H and O–H groups in total. The van der Waals surface area contributed by atoms with Crippen molar-refractivity contribution in [2.75, 3.05) is 13.1 Å². The summed E-state index contributed by atoms with van der Waals surface area (Å²) in [5.41, 5.74) is 3.15. The summed E-state index contributed by atoms with van der Waals surface area (Å²) >= 11 is 0. The molecule has 0 radical (unpaired) electrons. The molecule has 0 fully saturated rings. The van der Waals surface area contributed by atoms with Gasteiger partial charge in [0, 0.05) is 0 Å². The molecule has 0 spiro atoms. The van der Waals surface area contributed by atoms with Gasteiger partial charge >= 0.3 is 0 Å². The summed E-state index contributed by atoms with van der Waals surface area (Å²) in [6, 6.07) is 8.98. The van der Waals surface area contributed by atoms with Crippen LogP contribution in [0, 0.1) is 18.3 Å². The molecular weight excluding hydrogens is 218 g/mol. The third kappa shape index (κ3) is 5.22. The van der Waals surface area contributed by atoms with E-state index in [1.54, 1.807) is 0 Å². The maximum atomic E-state index is 3.57. The highest BCUT2D eigenvalue weighted by Gasteiger charge is 2.24. The molecule has 18 heavy (non-hydrogen) atoms. The van der Waals surface area contributed by atoms with Gasteiger partial charge in [-0.3, -0.25) is 0 Å². The van der Waals surface area contributed by atoms with Gasteiger partial charge < -0.3 is 5.32 Å². The van der Waals surface area contributed by atoms with E-state index in [-0.39, 0.29) is 0 Å². The first-order chi connectivity index (χ1) is 8.43. The van der Waals surface area contributed by atoms with Gasteiger partial charge in [0.05, 0.1) is 0 Å². The predicted octanol–water partition coefficient (Wildman–Crippen LogP) is 4.20. The average molecular weight is 247 g/mol. The fourth-order valence-electron chi connectivity index (χ4n) is 2.15.